The van der Waals surface area contributed by atoms with E-state index >= 15 is 0 Å². The smallest absolute Gasteiger partial charge is 0.463 e. The molecular formula is C87H144O16P2. The van der Waals surface area contributed by atoms with Crippen molar-refractivity contribution in [1.29, 1.82) is 0 Å². The van der Waals surface area contributed by atoms with Gasteiger partial charge in [0.2, 0.25) is 0 Å². The lowest BCUT2D eigenvalue weighted by Crippen LogP contribution is -2.30. The molecule has 5 atom stereocenters. The monoisotopic (exact) mass is 1510 g/mol. The van der Waals surface area contributed by atoms with E-state index in [-0.39, 0.29) is 19.3 Å². The Hall–Kier alpha value is -5.09. The molecule has 5 unspecified atom stereocenters. The third kappa shape index (κ3) is 79.8. The molecule has 0 rings (SSSR count). The van der Waals surface area contributed by atoms with Gasteiger partial charge in [0, 0.05) is 19.3 Å². The van der Waals surface area contributed by atoms with Gasteiger partial charge in [-0.25, -0.2) is 9.13 Å². The largest absolute Gasteiger partial charge is 0.472 e. The predicted octanol–water partition coefficient (Wildman–Crippen LogP) is 24.0. The molecule has 0 radical (unpaired) electrons. The van der Waals surface area contributed by atoms with E-state index in [4.69, 9.17) is 32.3 Å². The van der Waals surface area contributed by atoms with Crippen LogP contribution < -0.4 is 0 Å². The Morgan fingerprint density at radius 1 is 0.276 bits per heavy atom. The normalized spacial score (nSPS) is 14.8. The van der Waals surface area contributed by atoms with Gasteiger partial charge in [0.05, 0.1) is 26.4 Å². The molecule has 0 aromatic rings. The van der Waals surface area contributed by atoms with Crippen LogP contribution in [0.2, 0.25) is 0 Å². The number of carbonyl (C=O) groups excluding carboxylic acids is 3. The van der Waals surface area contributed by atoms with Gasteiger partial charge in [-0.3, -0.25) is 32.5 Å². The minimum Gasteiger partial charge on any atom is -0.463 e. The molecule has 0 aromatic carbocycles. The Kier molecular flexibility index (Phi) is 74.7. The highest BCUT2D eigenvalue weighted by molar-refractivity contribution is 7.47. The summed E-state index contributed by atoms with van der Waals surface area (Å²) in [5, 5.41) is 20.7. The third-order valence-electron chi connectivity index (χ3n) is 16.4. The number of unbranched alkanes of at least 4 members (excludes halogenated alkanes) is 24. The van der Waals surface area contributed by atoms with Crippen LogP contribution in [0.3, 0.4) is 0 Å². The van der Waals surface area contributed by atoms with Gasteiger partial charge in [-0.1, -0.05) is 300 Å². The average Bonchev–Trinajstić information content (AvgIpc) is 0.911. The lowest BCUT2D eigenvalue weighted by Gasteiger charge is -2.21. The third-order valence-corrected chi connectivity index (χ3v) is 18.3. The number of carbonyl (C=O) groups is 3. The van der Waals surface area contributed by atoms with E-state index in [1.807, 2.05) is 0 Å². The van der Waals surface area contributed by atoms with Crippen LogP contribution in [0.15, 0.2) is 170 Å². The number of hydrogen-bond acceptors (Lipinski definition) is 14. The number of rotatable bonds is 75. The second-order valence-electron chi connectivity index (χ2n) is 26.5. The molecule has 0 saturated heterocycles. The van der Waals surface area contributed by atoms with E-state index in [9.17, 15) is 43.5 Å². The minimum absolute atomic E-state index is 0.0696. The van der Waals surface area contributed by atoms with Gasteiger partial charge in [-0.05, 0) is 154 Å². The molecule has 0 amide bonds. The summed E-state index contributed by atoms with van der Waals surface area (Å²) in [7, 11) is -9.82. The molecule has 16 nitrogen and oxygen atoms in total. The quantitative estimate of drug-likeness (QED) is 0.0146. The van der Waals surface area contributed by atoms with E-state index in [1.165, 1.54) is 70.6 Å². The molecule has 0 aliphatic heterocycles. The first-order valence-electron chi connectivity index (χ1n) is 40.4. The van der Waals surface area contributed by atoms with Gasteiger partial charge in [0.1, 0.15) is 25.4 Å². The SMILES string of the molecule is CC/C=C\C/C=C\C/C=C\C/C=C\C/C=C\C/C=C\CCCCCCCCCCC(=O)OCC(O)COP(=O)(O)OCC(O)COP(=O)(O)OCC(COC(=O)CCCCCCCCCCC/C=C\C/C=C\C/C=C\C/C=C\CCCCC)OC(=O)CCCCCC/C=C\C/C=C\C/C=C\C/C=C\CC. The summed E-state index contributed by atoms with van der Waals surface area (Å²) in [5.74, 6) is -1.62. The van der Waals surface area contributed by atoms with E-state index < -0.39 is 91.5 Å². The van der Waals surface area contributed by atoms with Crippen molar-refractivity contribution in [3.8, 4) is 0 Å². The Bertz CT molecular complexity index is 2590. The number of phosphoric acid groups is 2. The molecule has 598 valence electrons. The van der Waals surface area contributed by atoms with Crippen molar-refractivity contribution in [3.05, 3.63) is 170 Å². The second kappa shape index (κ2) is 78.5. The van der Waals surface area contributed by atoms with Gasteiger partial charge in [0.25, 0.3) is 0 Å². The molecule has 0 saturated carbocycles. The first-order chi connectivity index (χ1) is 51.2. The molecule has 0 aliphatic carbocycles. The van der Waals surface area contributed by atoms with Gasteiger partial charge in [0.15, 0.2) is 6.10 Å². The molecule has 105 heavy (non-hydrogen) atoms. The van der Waals surface area contributed by atoms with E-state index in [1.54, 1.807) is 0 Å². The molecule has 4 N–H and O–H groups in total. The zero-order valence-corrected chi connectivity index (χ0v) is 67.1. The summed E-state index contributed by atoms with van der Waals surface area (Å²) in [5.41, 5.74) is 0. The molecule has 0 heterocycles. The zero-order valence-electron chi connectivity index (χ0n) is 65.3. The van der Waals surface area contributed by atoms with Crippen molar-refractivity contribution in [3.63, 3.8) is 0 Å². The lowest BCUT2D eigenvalue weighted by molar-refractivity contribution is -0.161. The minimum atomic E-state index is -4.95. The maximum atomic E-state index is 13.0. The molecule has 0 aromatic heterocycles. The lowest BCUT2D eigenvalue weighted by atomic mass is 10.1. The van der Waals surface area contributed by atoms with E-state index in [0.29, 0.717) is 19.3 Å². The molecule has 0 fully saturated rings. The number of esters is 3. The van der Waals surface area contributed by atoms with Crippen molar-refractivity contribution in [2.75, 3.05) is 39.6 Å². The number of aliphatic hydroxyl groups excluding tert-OH is 2. The summed E-state index contributed by atoms with van der Waals surface area (Å²) in [6.07, 6.45) is 99.6. The van der Waals surface area contributed by atoms with Crippen LogP contribution in [0.4, 0.5) is 0 Å². The standard InChI is InChI=1S/C87H144O16P2/c1-4-7-10-13-16-19-22-25-28-31-33-35-37-39-40-42-44-45-47-50-52-55-58-61-64-67-70-73-85(90)97-76-82(88)77-99-104(93,94)100-78-83(89)79-101-105(95,96)102-81-84(103-87(92)75-72-69-66-63-60-57-54-49-30-27-24-21-18-15-12-9-6-3)80-98-86(91)74-71-68-65-62-59-56-53-51-48-46-43-41-38-36-34-32-29-26-23-20-17-14-11-8-5-2/h7,9-10,12,16-21,25-30,33-36,39-41,43-45,54,57,82-84,88-89H,4-6,8,11,13-15,22-24,31-32,37-38,42,46-53,55-56,58-81H2,1-3H3,(H,93,94)(H,95,96)/b10-7-,12-9-,19-16-,20-17-,21-18-,28-25-,29-26-,30-27-,35-33-,36-34-,40-39-,43-41-,45-44-,57-54-. The average molecular weight is 1510 g/mol. The first-order valence-corrected chi connectivity index (χ1v) is 43.4. The van der Waals surface area contributed by atoms with Crippen LogP contribution in [0, 0.1) is 0 Å². The summed E-state index contributed by atoms with van der Waals surface area (Å²) in [6, 6.07) is 0. The number of phosphoric ester groups is 2. The van der Waals surface area contributed by atoms with Gasteiger partial charge < -0.3 is 34.2 Å². The molecule has 0 aliphatic rings. The fourth-order valence-electron chi connectivity index (χ4n) is 10.3. The van der Waals surface area contributed by atoms with Gasteiger partial charge in [-0.2, -0.15) is 0 Å². The molecule has 18 heteroatoms. The van der Waals surface area contributed by atoms with Crippen LogP contribution in [0.1, 0.15) is 303 Å². The molecule has 0 spiro atoms. The van der Waals surface area contributed by atoms with E-state index in [0.717, 1.165) is 173 Å². The summed E-state index contributed by atoms with van der Waals surface area (Å²) in [4.78, 5) is 58.7. The Morgan fingerprint density at radius 3 is 0.800 bits per heavy atom. The van der Waals surface area contributed by atoms with Crippen molar-refractivity contribution >= 4 is 33.6 Å². The molecule has 0 bridgehead atoms. The number of hydrogen-bond donors (Lipinski definition) is 4. The Morgan fingerprint density at radius 2 is 0.505 bits per heavy atom. The van der Waals surface area contributed by atoms with Crippen LogP contribution in [0.25, 0.3) is 0 Å². The topological polar surface area (TPSA) is 231 Å². The fraction of sp³-hybridized carbons (Fsp3) is 0.644. The van der Waals surface area contributed by atoms with Crippen molar-refractivity contribution in [2.45, 2.75) is 322 Å². The van der Waals surface area contributed by atoms with Crippen molar-refractivity contribution in [2.24, 2.45) is 0 Å². The maximum absolute atomic E-state index is 13.0. The summed E-state index contributed by atoms with van der Waals surface area (Å²) < 4.78 is 61.2. The first kappa shape index (κ1) is 99.9. The number of ether oxygens (including phenoxy) is 3. The van der Waals surface area contributed by atoms with Crippen molar-refractivity contribution in [1.82, 2.24) is 0 Å². The highest BCUT2D eigenvalue weighted by Gasteiger charge is 2.29. The van der Waals surface area contributed by atoms with Gasteiger partial charge >= 0.3 is 33.6 Å². The highest BCUT2D eigenvalue weighted by atomic mass is 31.2. The van der Waals surface area contributed by atoms with Crippen LogP contribution in [0.5, 0.6) is 0 Å². The molecular weight excluding hydrogens is 1360 g/mol. The predicted molar refractivity (Wildman–Crippen MR) is 435 cm³/mol. The Balaban J connectivity index is 4.65. The Labute approximate surface area is 637 Å². The van der Waals surface area contributed by atoms with Crippen molar-refractivity contribution < 1.29 is 75.8 Å². The van der Waals surface area contributed by atoms with Crippen LogP contribution in [-0.2, 0) is 55.8 Å². The zero-order chi connectivity index (χ0) is 76.6. The highest BCUT2D eigenvalue weighted by Crippen LogP contribution is 2.45. The summed E-state index contributed by atoms with van der Waals surface area (Å²) in [6.45, 7) is 2.38. The summed E-state index contributed by atoms with van der Waals surface area (Å²) >= 11 is 0. The van der Waals surface area contributed by atoms with Crippen LogP contribution in [-0.4, -0.2) is 95.9 Å². The number of allylic oxidation sites excluding steroid dienone is 28. The van der Waals surface area contributed by atoms with Gasteiger partial charge in [-0.15, -0.1) is 0 Å². The van der Waals surface area contributed by atoms with E-state index in [2.05, 4.69) is 191 Å². The number of aliphatic hydroxyl groups is 2. The second-order valence-corrected chi connectivity index (χ2v) is 29.4. The van der Waals surface area contributed by atoms with Crippen LogP contribution >= 0.6 is 15.6 Å². The maximum Gasteiger partial charge on any atom is 0.472 e. The fourth-order valence-corrected chi connectivity index (χ4v) is 11.9.